The van der Waals surface area contributed by atoms with E-state index in [1.807, 2.05) is 31.2 Å². The lowest BCUT2D eigenvalue weighted by Crippen LogP contribution is -2.19. The van der Waals surface area contributed by atoms with Crippen LogP contribution in [0.1, 0.15) is 18.9 Å². The molecule has 1 heterocycles. The Hall–Kier alpha value is -1.54. The van der Waals surface area contributed by atoms with Gasteiger partial charge in [0.05, 0.1) is 0 Å². The highest BCUT2D eigenvalue weighted by atomic mass is 16.5. The summed E-state index contributed by atoms with van der Waals surface area (Å²) >= 11 is 0. The fourth-order valence-corrected chi connectivity index (χ4v) is 1.89. The van der Waals surface area contributed by atoms with Gasteiger partial charge in [0.1, 0.15) is 12.4 Å². The highest BCUT2D eigenvalue weighted by Crippen LogP contribution is 2.22. The monoisotopic (exact) mass is 229 g/mol. The molecule has 0 amide bonds. The number of nitrogens with one attached hydrogen (secondary N) is 1. The Morgan fingerprint density at radius 3 is 2.76 bits per heavy atom. The highest BCUT2D eigenvalue weighted by Gasteiger charge is 2.05. The van der Waals surface area contributed by atoms with Crippen LogP contribution in [0.5, 0.6) is 5.75 Å². The van der Waals surface area contributed by atoms with Gasteiger partial charge in [0.2, 0.25) is 0 Å². The molecule has 2 rings (SSSR count). The largest absolute Gasteiger partial charge is 0.490 e. The molecule has 0 saturated carbocycles. The van der Waals surface area contributed by atoms with Crippen molar-refractivity contribution in [2.45, 2.75) is 13.3 Å². The molecule has 0 radical (unpaired) electrons. The van der Waals surface area contributed by atoms with Crippen LogP contribution in [0.4, 0.5) is 0 Å². The topological polar surface area (TPSA) is 21.3 Å². The first-order chi connectivity index (χ1) is 8.40. The van der Waals surface area contributed by atoms with E-state index in [1.54, 1.807) is 0 Å². The van der Waals surface area contributed by atoms with Gasteiger partial charge < -0.3 is 10.1 Å². The molecule has 0 spiro atoms. The SMILES string of the molecule is C/C=C/COc1ccc(C2=CCNCC2)cc1. The fraction of sp³-hybridized carbons (Fsp3) is 0.333. The number of ether oxygens (including phenoxy) is 1. The maximum atomic E-state index is 5.57. The van der Waals surface area contributed by atoms with Gasteiger partial charge in [0, 0.05) is 6.54 Å². The molecule has 0 fully saturated rings. The molecule has 0 saturated heterocycles. The van der Waals surface area contributed by atoms with Crippen LogP contribution in [0.3, 0.4) is 0 Å². The first-order valence-corrected chi connectivity index (χ1v) is 6.14. The third kappa shape index (κ3) is 3.46. The zero-order valence-electron chi connectivity index (χ0n) is 10.3. The van der Waals surface area contributed by atoms with Gasteiger partial charge in [-0.15, -0.1) is 0 Å². The van der Waals surface area contributed by atoms with E-state index in [4.69, 9.17) is 4.74 Å². The third-order valence-corrected chi connectivity index (χ3v) is 2.87. The summed E-state index contributed by atoms with van der Waals surface area (Å²) in [6.07, 6.45) is 7.37. The summed E-state index contributed by atoms with van der Waals surface area (Å²) in [4.78, 5) is 0. The molecule has 1 aliphatic rings. The summed E-state index contributed by atoms with van der Waals surface area (Å²) in [5.74, 6) is 0.932. The van der Waals surface area contributed by atoms with E-state index in [0.29, 0.717) is 6.61 Å². The van der Waals surface area contributed by atoms with Gasteiger partial charge in [-0.1, -0.05) is 30.4 Å². The summed E-state index contributed by atoms with van der Waals surface area (Å²) in [7, 11) is 0. The quantitative estimate of drug-likeness (QED) is 0.801. The van der Waals surface area contributed by atoms with Crippen LogP contribution >= 0.6 is 0 Å². The standard InChI is InChI=1S/C15H19NO/c1-2-3-12-17-15-6-4-13(5-7-15)14-8-10-16-11-9-14/h2-8,16H,9-12H2,1H3/b3-2+. The van der Waals surface area contributed by atoms with Crippen molar-refractivity contribution in [1.29, 1.82) is 0 Å². The Morgan fingerprint density at radius 2 is 2.12 bits per heavy atom. The van der Waals surface area contributed by atoms with Crippen LogP contribution < -0.4 is 10.1 Å². The normalized spacial score (nSPS) is 15.9. The van der Waals surface area contributed by atoms with Crippen molar-refractivity contribution in [3.8, 4) is 5.75 Å². The predicted molar refractivity (Wildman–Crippen MR) is 72.2 cm³/mol. The maximum Gasteiger partial charge on any atom is 0.119 e. The molecule has 0 atom stereocenters. The van der Waals surface area contributed by atoms with Crippen molar-refractivity contribution in [3.63, 3.8) is 0 Å². The maximum absolute atomic E-state index is 5.57. The Bertz CT molecular complexity index is 403. The number of rotatable bonds is 4. The van der Waals surface area contributed by atoms with E-state index in [1.165, 1.54) is 11.1 Å². The molecule has 17 heavy (non-hydrogen) atoms. The summed E-state index contributed by atoms with van der Waals surface area (Å²) in [5.41, 5.74) is 2.74. The summed E-state index contributed by atoms with van der Waals surface area (Å²) in [6, 6.07) is 8.37. The van der Waals surface area contributed by atoms with Crippen molar-refractivity contribution in [2.75, 3.05) is 19.7 Å². The minimum atomic E-state index is 0.641. The van der Waals surface area contributed by atoms with Gasteiger partial charge in [-0.25, -0.2) is 0 Å². The molecular weight excluding hydrogens is 210 g/mol. The molecule has 90 valence electrons. The fourth-order valence-electron chi connectivity index (χ4n) is 1.89. The molecule has 1 aromatic carbocycles. The van der Waals surface area contributed by atoms with E-state index in [-0.39, 0.29) is 0 Å². The third-order valence-electron chi connectivity index (χ3n) is 2.87. The minimum absolute atomic E-state index is 0.641. The summed E-state index contributed by atoms with van der Waals surface area (Å²) < 4.78 is 5.57. The Balaban J connectivity index is 1.99. The Kier molecular flexibility index (Phi) is 4.39. The van der Waals surface area contributed by atoms with E-state index in [2.05, 4.69) is 23.5 Å². The molecule has 1 aliphatic heterocycles. The van der Waals surface area contributed by atoms with Gasteiger partial charge in [-0.05, 0) is 43.2 Å². The van der Waals surface area contributed by atoms with Gasteiger partial charge in [0.25, 0.3) is 0 Å². The molecule has 0 bridgehead atoms. The van der Waals surface area contributed by atoms with Gasteiger partial charge >= 0.3 is 0 Å². The lowest BCUT2D eigenvalue weighted by atomic mass is 10.0. The highest BCUT2D eigenvalue weighted by molar-refractivity contribution is 5.67. The van der Waals surface area contributed by atoms with E-state index >= 15 is 0 Å². The number of hydrogen-bond donors (Lipinski definition) is 1. The van der Waals surface area contributed by atoms with Crippen molar-refractivity contribution >= 4 is 5.57 Å². The second-order valence-electron chi connectivity index (χ2n) is 4.09. The van der Waals surface area contributed by atoms with Crippen LogP contribution in [0.2, 0.25) is 0 Å². The van der Waals surface area contributed by atoms with E-state index < -0.39 is 0 Å². The first-order valence-electron chi connectivity index (χ1n) is 6.14. The lowest BCUT2D eigenvalue weighted by molar-refractivity contribution is 0.362. The molecule has 0 aromatic heterocycles. The average molecular weight is 229 g/mol. The average Bonchev–Trinajstić information content (AvgIpc) is 2.41. The van der Waals surface area contributed by atoms with Crippen LogP contribution in [-0.2, 0) is 0 Å². The van der Waals surface area contributed by atoms with Crippen LogP contribution in [-0.4, -0.2) is 19.7 Å². The van der Waals surface area contributed by atoms with Gasteiger partial charge in [0.15, 0.2) is 0 Å². The molecule has 1 N–H and O–H groups in total. The molecule has 0 aliphatic carbocycles. The zero-order valence-corrected chi connectivity index (χ0v) is 10.3. The molecule has 0 unspecified atom stereocenters. The molecule has 2 nitrogen and oxygen atoms in total. The minimum Gasteiger partial charge on any atom is -0.490 e. The number of hydrogen-bond acceptors (Lipinski definition) is 2. The second kappa shape index (κ2) is 6.26. The zero-order chi connectivity index (χ0) is 11.9. The first kappa shape index (κ1) is 11.9. The van der Waals surface area contributed by atoms with Crippen molar-refractivity contribution < 1.29 is 4.74 Å². The Morgan fingerprint density at radius 1 is 1.29 bits per heavy atom. The van der Waals surface area contributed by atoms with E-state index in [0.717, 1.165) is 25.3 Å². The van der Waals surface area contributed by atoms with Crippen molar-refractivity contribution in [3.05, 3.63) is 48.1 Å². The number of allylic oxidation sites excluding steroid dienone is 1. The Labute approximate surface area is 103 Å². The summed E-state index contributed by atoms with van der Waals surface area (Å²) in [6.45, 7) is 4.69. The molecule has 2 heteroatoms. The van der Waals surface area contributed by atoms with Crippen molar-refractivity contribution in [2.24, 2.45) is 0 Å². The molecule has 1 aromatic rings. The summed E-state index contributed by atoms with van der Waals surface area (Å²) in [5, 5.41) is 3.32. The van der Waals surface area contributed by atoms with Crippen LogP contribution in [0.25, 0.3) is 5.57 Å². The van der Waals surface area contributed by atoms with Crippen LogP contribution in [0.15, 0.2) is 42.5 Å². The van der Waals surface area contributed by atoms with Crippen molar-refractivity contribution in [1.82, 2.24) is 5.32 Å². The van der Waals surface area contributed by atoms with Gasteiger partial charge in [-0.2, -0.15) is 0 Å². The predicted octanol–water partition coefficient (Wildman–Crippen LogP) is 3.02. The lowest BCUT2D eigenvalue weighted by Gasteiger charge is -2.14. The van der Waals surface area contributed by atoms with Gasteiger partial charge in [-0.3, -0.25) is 0 Å². The van der Waals surface area contributed by atoms with E-state index in [9.17, 15) is 0 Å². The smallest absolute Gasteiger partial charge is 0.119 e. The number of benzene rings is 1. The second-order valence-corrected chi connectivity index (χ2v) is 4.09. The molecular formula is C15H19NO. The van der Waals surface area contributed by atoms with Crippen LogP contribution in [0, 0.1) is 0 Å².